The maximum Gasteiger partial charge on any atom is 0.323 e. The van der Waals surface area contributed by atoms with Gasteiger partial charge in [-0.25, -0.2) is 9.18 Å². The molecule has 0 aliphatic carbocycles. The monoisotopic (exact) mass is 458 g/mol. The molecule has 178 valence electrons. The summed E-state index contributed by atoms with van der Waals surface area (Å²) >= 11 is 0. The normalized spacial score (nSPS) is 21.8. The zero-order valence-electron chi connectivity index (χ0n) is 19.4. The van der Waals surface area contributed by atoms with Crippen molar-refractivity contribution in [2.45, 2.75) is 26.0 Å². The summed E-state index contributed by atoms with van der Waals surface area (Å²) in [5.41, 5.74) is 1.05. The van der Waals surface area contributed by atoms with Crippen LogP contribution in [0.3, 0.4) is 0 Å². The fourth-order valence-corrected chi connectivity index (χ4v) is 3.60. The third-order valence-corrected chi connectivity index (χ3v) is 5.57. The van der Waals surface area contributed by atoms with E-state index in [0.29, 0.717) is 35.8 Å². The van der Waals surface area contributed by atoms with Crippen molar-refractivity contribution in [1.82, 2.24) is 10.2 Å². The average Bonchev–Trinajstić information content (AvgIpc) is 2.78. The SMILES string of the molecule is CO[C@@H]1CN(C)C(=O)c2cc(NC(=O)Nc3cccc(F)c3)ccc2OC[C@@H](C)NC[C@H]1C. The molecule has 3 amide bonds. The number of halogens is 1. The number of carbonyl (C=O) groups is 2. The van der Waals surface area contributed by atoms with E-state index in [4.69, 9.17) is 9.47 Å². The van der Waals surface area contributed by atoms with Crippen molar-refractivity contribution in [3.63, 3.8) is 0 Å². The number of urea groups is 1. The van der Waals surface area contributed by atoms with E-state index in [1.54, 1.807) is 43.3 Å². The average molecular weight is 459 g/mol. The van der Waals surface area contributed by atoms with Gasteiger partial charge in [0.25, 0.3) is 5.91 Å². The maximum absolute atomic E-state index is 13.4. The van der Waals surface area contributed by atoms with Gasteiger partial charge in [-0.3, -0.25) is 4.79 Å². The van der Waals surface area contributed by atoms with Crippen molar-refractivity contribution < 1.29 is 23.5 Å². The molecule has 0 aromatic heterocycles. The van der Waals surface area contributed by atoms with Gasteiger partial charge in [-0.05, 0) is 49.2 Å². The topological polar surface area (TPSA) is 91.9 Å². The Morgan fingerprint density at radius 3 is 2.61 bits per heavy atom. The van der Waals surface area contributed by atoms with Crippen LogP contribution >= 0.6 is 0 Å². The van der Waals surface area contributed by atoms with Crippen LogP contribution < -0.4 is 20.7 Å². The van der Waals surface area contributed by atoms with Gasteiger partial charge in [0.1, 0.15) is 18.2 Å². The van der Waals surface area contributed by atoms with Crippen LogP contribution in [0.1, 0.15) is 24.2 Å². The third kappa shape index (κ3) is 6.66. The van der Waals surface area contributed by atoms with Crippen LogP contribution in [0.2, 0.25) is 0 Å². The van der Waals surface area contributed by atoms with Gasteiger partial charge in [-0.2, -0.15) is 0 Å². The lowest BCUT2D eigenvalue weighted by molar-refractivity contribution is 0.0281. The van der Waals surface area contributed by atoms with Gasteiger partial charge in [0.15, 0.2) is 0 Å². The molecule has 1 heterocycles. The lowest BCUT2D eigenvalue weighted by Gasteiger charge is -2.30. The molecule has 0 unspecified atom stereocenters. The number of anilines is 2. The second-order valence-corrected chi connectivity index (χ2v) is 8.36. The van der Waals surface area contributed by atoms with Crippen molar-refractivity contribution in [3.8, 4) is 5.75 Å². The first-order valence-electron chi connectivity index (χ1n) is 10.9. The van der Waals surface area contributed by atoms with Crippen LogP contribution in [0.5, 0.6) is 5.75 Å². The summed E-state index contributed by atoms with van der Waals surface area (Å²) in [6.45, 7) is 5.61. The number of carbonyl (C=O) groups excluding carboxylic acids is 2. The second-order valence-electron chi connectivity index (χ2n) is 8.36. The number of fused-ring (bicyclic) bond motifs is 1. The number of nitrogens with zero attached hydrogens (tertiary/aromatic N) is 1. The predicted octanol–water partition coefficient (Wildman–Crippen LogP) is 3.56. The maximum atomic E-state index is 13.4. The number of nitrogens with one attached hydrogen (secondary N) is 3. The molecule has 8 nitrogen and oxygen atoms in total. The molecule has 2 aromatic rings. The molecule has 3 atom stereocenters. The largest absolute Gasteiger partial charge is 0.491 e. The van der Waals surface area contributed by atoms with E-state index in [1.807, 2.05) is 6.92 Å². The summed E-state index contributed by atoms with van der Waals surface area (Å²) < 4.78 is 24.9. The van der Waals surface area contributed by atoms with E-state index in [-0.39, 0.29) is 24.0 Å². The Morgan fingerprint density at radius 2 is 1.91 bits per heavy atom. The highest BCUT2D eigenvalue weighted by Gasteiger charge is 2.25. The number of hydrogen-bond acceptors (Lipinski definition) is 5. The lowest BCUT2D eigenvalue weighted by Crippen LogP contribution is -2.44. The lowest BCUT2D eigenvalue weighted by atomic mass is 10.0. The molecule has 9 heteroatoms. The zero-order chi connectivity index (χ0) is 24.0. The standard InChI is InChI=1S/C24H31FN4O4/c1-15-12-26-16(2)14-33-21-9-8-19(11-20(21)23(30)29(3)13-22(15)32-4)28-24(31)27-18-7-5-6-17(25)10-18/h5-11,15-16,22,26H,12-14H2,1-4H3,(H2,27,28,31)/t15-,16-,22-/m1/s1. The molecule has 2 aromatic carbocycles. The number of ether oxygens (including phenoxy) is 2. The number of rotatable bonds is 3. The summed E-state index contributed by atoms with van der Waals surface area (Å²) in [7, 11) is 3.36. The van der Waals surface area contributed by atoms with Gasteiger partial charge in [-0.1, -0.05) is 13.0 Å². The first-order chi connectivity index (χ1) is 15.8. The summed E-state index contributed by atoms with van der Waals surface area (Å²) in [5, 5.41) is 8.69. The van der Waals surface area contributed by atoms with Crippen LogP contribution in [0.4, 0.5) is 20.6 Å². The Hall–Kier alpha value is -3.17. The van der Waals surface area contributed by atoms with Gasteiger partial charge in [0.05, 0.1) is 11.7 Å². The first kappa shape index (κ1) is 24.5. The minimum atomic E-state index is -0.554. The van der Waals surface area contributed by atoms with E-state index >= 15 is 0 Å². The quantitative estimate of drug-likeness (QED) is 0.654. The van der Waals surface area contributed by atoms with E-state index in [1.165, 1.54) is 18.2 Å². The number of hydrogen-bond donors (Lipinski definition) is 3. The molecule has 0 saturated heterocycles. The van der Waals surface area contributed by atoms with Crippen molar-refractivity contribution >= 4 is 23.3 Å². The smallest absolute Gasteiger partial charge is 0.323 e. The van der Waals surface area contributed by atoms with Gasteiger partial charge < -0.3 is 30.3 Å². The van der Waals surface area contributed by atoms with Crippen molar-refractivity contribution in [3.05, 3.63) is 53.8 Å². The van der Waals surface area contributed by atoms with Gasteiger partial charge >= 0.3 is 6.03 Å². The van der Waals surface area contributed by atoms with Gasteiger partial charge in [0.2, 0.25) is 0 Å². The highest BCUT2D eigenvalue weighted by molar-refractivity contribution is 6.02. The van der Waals surface area contributed by atoms with Crippen molar-refractivity contribution in [2.24, 2.45) is 5.92 Å². The molecule has 3 rings (SSSR count). The van der Waals surface area contributed by atoms with Gasteiger partial charge in [-0.15, -0.1) is 0 Å². The van der Waals surface area contributed by atoms with Crippen LogP contribution in [-0.2, 0) is 4.74 Å². The van der Waals surface area contributed by atoms with Crippen LogP contribution in [-0.4, -0.2) is 62.8 Å². The van der Waals surface area contributed by atoms with Gasteiger partial charge in [0, 0.05) is 44.7 Å². The fraction of sp³-hybridized carbons (Fsp3) is 0.417. The molecule has 1 aliphatic heterocycles. The molecule has 0 fully saturated rings. The van der Waals surface area contributed by atoms with E-state index in [9.17, 15) is 14.0 Å². The van der Waals surface area contributed by atoms with Crippen molar-refractivity contribution in [1.29, 1.82) is 0 Å². The number of amides is 3. The van der Waals surface area contributed by atoms with Crippen LogP contribution in [0.15, 0.2) is 42.5 Å². The molecular formula is C24H31FN4O4. The third-order valence-electron chi connectivity index (χ3n) is 5.57. The Labute approximate surface area is 193 Å². The van der Waals surface area contributed by atoms with E-state index in [2.05, 4.69) is 22.9 Å². The first-order valence-corrected chi connectivity index (χ1v) is 10.9. The zero-order valence-corrected chi connectivity index (χ0v) is 19.4. The number of likely N-dealkylation sites (N-methyl/N-ethyl adjacent to an activating group) is 1. The fourth-order valence-electron chi connectivity index (χ4n) is 3.60. The second kappa shape index (κ2) is 11.1. The molecule has 0 saturated carbocycles. The van der Waals surface area contributed by atoms with Crippen molar-refractivity contribution in [2.75, 3.05) is 44.5 Å². The summed E-state index contributed by atoms with van der Waals surface area (Å²) in [6, 6.07) is 10.00. The molecule has 33 heavy (non-hydrogen) atoms. The highest BCUT2D eigenvalue weighted by atomic mass is 19.1. The van der Waals surface area contributed by atoms with Crippen LogP contribution in [0, 0.1) is 11.7 Å². The molecule has 1 aliphatic rings. The Kier molecular flexibility index (Phi) is 8.24. The molecule has 0 bridgehead atoms. The van der Waals surface area contributed by atoms with E-state index < -0.39 is 11.8 Å². The minimum absolute atomic E-state index is 0.0694. The molecule has 0 radical (unpaired) electrons. The predicted molar refractivity (Wildman–Crippen MR) is 125 cm³/mol. The summed E-state index contributed by atoms with van der Waals surface area (Å²) in [6.07, 6.45) is -0.138. The molecule has 0 spiro atoms. The molecular weight excluding hydrogens is 427 g/mol. The number of methoxy groups -OCH3 is 1. The Bertz CT molecular complexity index is 987. The highest BCUT2D eigenvalue weighted by Crippen LogP contribution is 2.26. The minimum Gasteiger partial charge on any atom is -0.491 e. The summed E-state index contributed by atoms with van der Waals surface area (Å²) in [5.74, 6) is -0.0781. The van der Waals surface area contributed by atoms with Crippen LogP contribution in [0.25, 0.3) is 0 Å². The molecule has 3 N–H and O–H groups in total. The van der Waals surface area contributed by atoms with E-state index in [0.717, 1.165) is 6.54 Å². The summed E-state index contributed by atoms with van der Waals surface area (Å²) in [4.78, 5) is 27.2. The Morgan fingerprint density at radius 1 is 1.18 bits per heavy atom. The number of benzene rings is 2. The Balaban J connectivity index is 1.82.